The largest absolute Gasteiger partial charge is 0.462 e. The van der Waals surface area contributed by atoms with E-state index < -0.39 is 0 Å². The minimum absolute atomic E-state index is 0.299. The van der Waals surface area contributed by atoms with Crippen molar-refractivity contribution in [3.05, 3.63) is 29.5 Å². The number of carbonyl (C=O) groups is 1. The molecule has 0 aromatic heterocycles. The van der Waals surface area contributed by atoms with E-state index in [9.17, 15) is 4.79 Å². The molecule has 10 heavy (non-hydrogen) atoms. The van der Waals surface area contributed by atoms with Crippen molar-refractivity contribution in [2.75, 3.05) is 6.61 Å². The van der Waals surface area contributed by atoms with Gasteiger partial charge in [0.15, 0.2) is 0 Å². The Kier molecular flexibility index (Phi) is 2.08. The molecule has 0 fully saturated rings. The first kappa shape index (κ1) is 6.84. The zero-order valence-electron chi connectivity index (χ0n) is 5.76. The van der Waals surface area contributed by atoms with Gasteiger partial charge in [0, 0.05) is 0 Å². The van der Waals surface area contributed by atoms with E-state index in [0.717, 1.165) is 0 Å². The summed E-state index contributed by atoms with van der Waals surface area (Å²) in [7, 11) is 0. The molecule has 0 aromatic rings. The van der Waals surface area contributed by atoms with E-state index >= 15 is 0 Å². The average molecular weight is 136 g/mol. The maximum atomic E-state index is 10.9. The van der Waals surface area contributed by atoms with Crippen molar-refractivity contribution in [2.24, 2.45) is 0 Å². The van der Waals surface area contributed by atoms with E-state index in [4.69, 9.17) is 4.74 Å². The van der Waals surface area contributed by atoms with Crippen LogP contribution in [0.15, 0.2) is 29.5 Å². The monoisotopic (exact) mass is 136 g/mol. The number of allylic oxidation sites excluding steroid dienone is 1. The molecular formula is C8H8O2. The van der Waals surface area contributed by atoms with Crippen LogP contribution in [0.3, 0.4) is 0 Å². The lowest BCUT2D eigenvalue weighted by Gasteiger charge is -1.96. The highest BCUT2D eigenvalue weighted by molar-refractivity contribution is 5.92. The fourth-order valence-electron chi connectivity index (χ4n) is 0.666. The molecule has 0 spiro atoms. The highest BCUT2D eigenvalue weighted by Gasteiger charge is 2.06. The first-order valence-corrected chi connectivity index (χ1v) is 3.15. The van der Waals surface area contributed by atoms with Crippen molar-refractivity contribution in [3.8, 4) is 0 Å². The van der Waals surface area contributed by atoms with Gasteiger partial charge in [0.1, 0.15) is 5.57 Å². The first-order chi connectivity index (χ1) is 4.84. The topological polar surface area (TPSA) is 26.3 Å². The molecule has 1 aliphatic carbocycles. The van der Waals surface area contributed by atoms with Crippen molar-refractivity contribution in [3.63, 3.8) is 0 Å². The minimum atomic E-state index is -0.299. The molecule has 0 amide bonds. The van der Waals surface area contributed by atoms with Crippen LogP contribution in [0.1, 0.15) is 6.92 Å². The maximum absolute atomic E-state index is 10.9. The molecule has 0 N–H and O–H groups in total. The fourth-order valence-corrected chi connectivity index (χ4v) is 0.666. The van der Waals surface area contributed by atoms with E-state index in [1.807, 2.05) is 0 Å². The third-order valence-electron chi connectivity index (χ3n) is 1.09. The summed E-state index contributed by atoms with van der Waals surface area (Å²) in [6.07, 6.45) is 5.12. The van der Waals surface area contributed by atoms with Gasteiger partial charge < -0.3 is 4.74 Å². The Morgan fingerprint density at radius 1 is 1.80 bits per heavy atom. The molecule has 0 atom stereocenters. The Balaban J connectivity index is 2.58. The molecule has 0 aliphatic heterocycles. The molecule has 0 aromatic carbocycles. The summed E-state index contributed by atoms with van der Waals surface area (Å²) in [4.78, 5) is 10.9. The van der Waals surface area contributed by atoms with Crippen LogP contribution in [-0.2, 0) is 9.53 Å². The molecule has 0 heterocycles. The first-order valence-electron chi connectivity index (χ1n) is 3.15. The molecule has 1 aliphatic rings. The predicted molar refractivity (Wildman–Crippen MR) is 37.4 cm³/mol. The second kappa shape index (κ2) is 3.04. The molecule has 0 unspecified atom stereocenters. The molecule has 0 radical (unpaired) electrons. The van der Waals surface area contributed by atoms with Gasteiger partial charge in [0.25, 0.3) is 0 Å². The van der Waals surface area contributed by atoms with Gasteiger partial charge in [-0.1, -0.05) is 6.08 Å². The van der Waals surface area contributed by atoms with Gasteiger partial charge in [-0.05, 0) is 19.1 Å². The Hall–Kier alpha value is -1.27. The summed E-state index contributed by atoms with van der Waals surface area (Å²) < 4.78 is 4.72. The number of ether oxygens (including phenoxy) is 1. The van der Waals surface area contributed by atoms with E-state index in [-0.39, 0.29) is 5.97 Å². The fraction of sp³-hybridized carbons (Fsp3) is 0.250. The average Bonchev–Trinajstić information content (AvgIpc) is 2.38. The Morgan fingerprint density at radius 3 is 3.10 bits per heavy atom. The minimum Gasteiger partial charge on any atom is -0.462 e. The molecule has 1 rings (SSSR count). The van der Waals surface area contributed by atoms with E-state index in [1.165, 1.54) is 0 Å². The molecule has 2 nitrogen and oxygen atoms in total. The summed E-state index contributed by atoms with van der Waals surface area (Å²) in [5.41, 5.74) is 3.25. The summed E-state index contributed by atoms with van der Waals surface area (Å²) in [6, 6.07) is 0. The van der Waals surface area contributed by atoms with E-state index in [2.05, 4.69) is 5.73 Å². The molecule has 2 heteroatoms. The predicted octanol–water partition coefficient (Wildman–Crippen LogP) is 1.20. The molecule has 0 saturated carbocycles. The van der Waals surface area contributed by atoms with Crippen LogP contribution < -0.4 is 0 Å². The number of carbonyl (C=O) groups excluding carboxylic acids is 1. The van der Waals surface area contributed by atoms with Gasteiger partial charge in [0.2, 0.25) is 0 Å². The zero-order chi connectivity index (χ0) is 7.40. The quantitative estimate of drug-likeness (QED) is 0.421. The van der Waals surface area contributed by atoms with E-state index in [0.29, 0.717) is 12.2 Å². The summed E-state index contributed by atoms with van der Waals surface area (Å²) >= 11 is 0. The third-order valence-corrected chi connectivity index (χ3v) is 1.09. The summed E-state index contributed by atoms with van der Waals surface area (Å²) in [5, 5.41) is 0. The lowest BCUT2D eigenvalue weighted by Crippen LogP contribution is -2.04. The zero-order valence-corrected chi connectivity index (χ0v) is 5.76. The van der Waals surface area contributed by atoms with Crippen LogP contribution in [0.5, 0.6) is 0 Å². The molecule has 52 valence electrons. The van der Waals surface area contributed by atoms with Gasteiger partial charge in [0.05, 0.1) is 6.61 Å². The number of hydrogen-bond donors (Lipinski definition) is 0. The Morgan fingerprint density at radius 2 is 2.60 bits per heavy atom. The second-order valence-electron chi connectivity index (χ2n) is 1.80. The smallest absolute Gasteiger partial charge is 0.346 e. The van der Waals surface area contributed by atoms with Crippen LogP contribution in [0, 0.1) is 0 Å². The Labute approximate surface area is 59.5 Å². The van der Waals surface area contributed by atoms with Gasteiger partial charge in [-0.25, -0.2) is 4.79 Å². The number of esters is 1. The third kappa shape index (κ3) is 1.36. The second-order valence-corrected chi connectivity index (χ2v) is 1.80. The van der Waals surface area contributed by atoms with Crippen LogP contribution in [0.4, 0.5) is 0 Å². The van der Waals surface area contributed by atoms with Gasteiger partial charge in [-0.3, -0.25) is 0 Å². The number of rotatable bonds is 2. The molecule has 0 bridgehead atoms. The van der Waals surface area contributed by atoms with Crippen LogP contribution in [0.25, 0.3) is 0 Å². The standard InChI is InChI=1S/C8H8O2/c1-2-10-8(9)7-5-3-4-6-7/h3-5H,2H2,1H3. The normalized spacial score (nSPS) is 13.5. The van der Waals surface area contributed by atoms with Crippen LogP contribution in [0.2, 0.25) is 0 Å². The highest BCUT2D eigenvalue weighted by atomic mass is 16.5. The molecular weight excluding hydrogens is 128 g/mol. The lowest BCUT2D eigenvalue weighted by molar-refractivity contribution is -0.138. The van der Waals surface area contributed by atoms with Gasteiger partial charge in [-0.15, -0.1) is 5.73 Å². The van der Waals surface area contributed by atoms with Crippen molar-refractivity contribution >= 4 is 5.97 Å². The van der Waals surface area contributed by atoms with E-state index in [1.54, 1.807) is 25.2 Å². The van der Waals surface area contributed by atoms with Crippen molar-refractivity contribution < 1.29 is 9.53 Å². The van der Waals surface area contributed by atoms with Crippen molar-refractivity contribution in [1.29, 1.82) is 0 Å². The number of hydrogen-bond acceptors (Lipinski definition) is 2. The Bertz CT molecular complexity index is 230. The van der Waals surface area contributed by atoms with Crippen LogP contribution in [-0.4, -0.2) is 12.6 Å². The van der Waals surface area contributed by atoms with Gasteiger partial charge >= 0.3 is 5.97 Å². The summed E-state index contributed by atoms with van der Waals surface area (Å²) in [6.45, 7) is 2.19. The maximum Gasteiger partial charge on any atom is 0.346 e. The van der Waals surface area contributed by atoms with Gasteiger partial charge in [-0.2, -0.15) is 0 Å². The van der Waals surface area contributed by atoms with Crippen molar-refractivity contribution in [2.45, 2.75) is 6.92 Å². The van der Waals surface area contributed by atoms with Crippen molar-refractivity contribution in [1.82, 2.24) is 0 Å². The van der Waals surface area contributed by atoms with Crippen LogP contribution >= 0.6 is 0 Å². The lowest BCUT2D eigenvalue weighted by atomic mass is 10.3. The summed E-state index contributed by atoms with van der Waals surface area (Å²) in [5.74, 6) is -0.299. The SMILES string of the molecule is CCOC(=O)C1=C=CC=C1. The highest BCUT2D eigenvalue weighted by Crippen LogP contribution is 2.03. The molecule has 0 saturated heterocycles.